The summed E-state index contributed by atoms with van der Waals surface area (Å²) in [5.74, 6) is 2.55. The van der Waals surface area contributed by atoms with Gasteiger partial charge in [-0.1, -0.05) is 24.3 Å². The second-order valence-corrected chi connectivity index (χ2v) is 8.95. The smallest absolute Gasteiger partial charge is 0.212 e. The molecule has 3 heterocycles. The van der Waals surface area contributed by atoms with Gasteiger partial charge >= 0.3 is 0 Å². The normalized spacial score (nSPS) is 20.2. The van der Waals surface area contributed by atoms with E-state index >= 15 is 0 Å². The molecule has 0 aliphatic carbocycles. The summed E-state index contributed by atoms with van der Waals surface area (Å²) in [5.41, 5.74) is 3.22. The number of aromatic nitrogens is 1. The number of methoxy groups -OCH3 is 1. The molecule has 178 valence electrons. The molecule has 2 unspecified atom stereocenters. The van der Waals surface area contributed by atoms with Crippen molar-refractivity contribution in [3.8, 4) is 23.1 Å². The number of halogens is 1. The van der Waals surface area contributed by atoms with Crippen molar-refractivity contribution < 1.29 is 23.7 Å². The van der Waals surface area contributed by atoms with Crippen molar-refractivity contribution in [3.05, 3.63) is 77.5 Å². The molecule has 1 N–H and O–H groups in total. The van der Waals surface area contributed by atoms with Crippen LogP contribution in [0.15, 0.2) is 60.8 Å². The summed E-state index contributed by atoms with van der Waals surface area (Å²) < 4.78 is 29.8. The molecule has 2 aliphatic heterocycles. The van der Waals surface area contributed by atoms with Crippen molar-refractivity contribution in [2.24, 2.45) is 5.92 Å². The number of phenols is 1. The molecular formula is C27H29FN2O4. The van der Waals surface area contributed by atoms with E-state index in [2.05, 4.69) is 22.0 Å². The number of benzene rings is 2. The van der Waals surface area contributed by atoms with E-state index in [9.17, 15) is 9.50 Å². The Hall–Kier alpha value is -3.32. The molecule has 0 saturated carbocycles. The summed E-state index contributed by atoms with van der Waals surface area (Å²) in [6.07, 6.45) is 1.84. The third-order valence-corrected chi connectivity index (χ3v) is 6.72. The predicted octanol–water partition coefficient (Wildman–Crippen LogP) is 4.38. The number of nitrogens with zero attached hydrogens (tertiary/aromatic N) is 2. The summed E-state index contributed by atoms with van der Waals surface area (Å²) in [6.45, 7) is 3.27. The lowest BCUT2D eigenvalue weighted by Gasteiger charge is -2.37. The molecule has 34 heavy (non-hydrogen) atoms. The number of fused-ring (bicyclic) bond motifs is 1. The molecule has 0 radical (unpaired) electrons. The van der Waals surface area contributed by atoms with Crippen LogP contribution in [0.4, 0.5) is 4.39 Å². The maximum Gasteiger partial charge on any atom is 0.212 e. The van der Waals surface area contributed by atoms with Crippen LogP contribution in [0, 0.1) is 5.92 Å². The van der Waals surface area contributed by atoms with Gasteiger partial charge in [0.15, 0.2) is 0 Å². The Morgan fingerprint density at radius 1 is 1.09 bits per heavy atom. The van der Waals surface area contributed by atoms with Gasteiger partial charge in [0.2, 0.25) is 5.88 Å². The first-order valence-electron chi connectivity index (χ1n) is 11.6. The lowest BCUT2D eigenvalue weighted by atomic mass is 9.76. The molecular weight excluding hydrogens is 435 g/mol. The van der Waals surface area contributed by atoms with Gasteiger partial charge in [0, 0.05) is 61.3 Å². The Morgan fingerprint density at radius 3 is 2.59 bits per heavy atom. The van der Waals surface area contributed by atoms with Gasteiger partial charge in [0.25, 0.3) is 0 Å². The Kier molecular flexibility index (Phi) is 6.54. The molecule has 6 nitrogen and oxygen atoms in total. The second kappa shape index (κ2) is 9.89. The number of hydrogen-bond acceptors (Lipinski definition) is 6. The highest BCUT2D eigenvalue weighted by molar-refractivity contribution is 5.50. The maximum atomic E-state index is 12.6. The van der Waals surface area contributed by atoms with Crippen LogP contribution in [-0.2, 0) is 0 Å². The third-order valence-electron chi connectivity index (χ3n) is 6.72. The fourth-order valence-electron chi connectivity index (χ4n) is 4.85. The molecule has 7 heteroatoms. The summed E-state index contributed by atoms with van der Waals surface area (Å²) in [4.78, 5) is 6.60. The molecule has 1 saturated heterocycles. The molecule has 2 aromatic carbocycles. The molecule has 1 aromatic heterocycles. The van der Waals surface area contributed by atoms with E-state index in [1.165, 1.54) is 0 Å². The summed E-state index contributed by atoms with van der Waals surface area (Å²) in [6, 6.07) is 17.4. The van der Waals surface area contributed by atoms with Crippen molar-refractivity contribution in [1.29, 1.82) is 0 Å². The number of aromatic hydroxyl groups is 1. The summed E-state index contributed by atoms with van der Waals surface area (Å²) in [5, 5.41) is 9.95. The first-order chi connectivity index (χ1) is 16.6. The SMILES string of the molecule is COc1ccc(C2COc3cc(O)ccc3C2c2ccc(OCCN3CC(CF)C3)cc2)cn1. The van der Waals surface area contributed by atoms with Crippen LogP contribution in [0.1, 0.15) is 28.5 Å². The Labute approximate surface area is 198 Å². The van der Waals surface area contributed by atoms with Gasteiger partial charge in [-0.2, -0.15) is 0 Å². The number of alkyl halides is 1. The summed E-state index contributed by atoms with van der Waals surface area (Å²) in [7, 11) is 1.60. The molecule has 0 amide bonds. The Balaban J connectivity index is 1.35. The average Bonchev–Trinajstić information content (AvgIpc) is 2.85. The second-order valence-electron chi connectivity index (χ2n) is 8.95. The van der Waals surface area contributed by atoms with Gasteiger partial charge in [-0.05, 0) is 29.3 Å². The molecule has 3 aromatic rings. The lowest BCUT2D eigenvalue weighted by Crippen LogP contribution is -2.49. The van der Waals surface area contributed by atoms with Crippen LogP contribution in [0.3, 0.4) is 0 Å². The van der Waals surface area contributed by atoms with Crippen molar-refractivity contribution in [1.82, 2.24) is 9.88 Å². The zero-order chi connectivity index (χ0) is 23.5. The van der Waals surface area contributed by atoms with Crippen LogP contribution in [0.25, 0.3) is 0 Å². The summed E-state index contributed by atoms with van der Waals surface area (Å²) >= 11 is 0. The molecule has 5 rings (SSSR count). The minimum Gasteiger partial charge on any atom is -0.508 e. The minimum atomic E-state index is -0.235. The van der Waals surface area contributed by atoms with Gasteiger partial charge in [-0.25, -0.2) is 4.98 Å². The van der Waals surface area contributed by atoms with Gasteiger partial charge < -0.3 is 19.3 Å². The first kappa shape index (κ1) is 22.5. The lowest BCUT2D eigenvalue weighted by molar-refractivity contribution is 0.0668. The number of likely N-dealkylation sites (tertiary alicyclic amines) is 1. The van der Waals surface area contributed by atoms with E-state index in [1.807, 2.05) is 36.5 Å². The Bertz CT molecular complexity index is 1100. The van der Waals surface area contributed by atoms with Crippen molar-refractivity contribution >= 4 is 0 Å². The van der Waals surface area contributed by atoms with Crippen LogP contribution < -0.4 is 14.2 Å². The molecule has 2 aliphatic rings. The van der Waals surface area contributed by atoms with Crippen molar-refractivity contribution in [3.63, 3.8) is 0 Å². The number of ether oxygens (including phenoxy) is 3. The van der Waals surface area contributed by atoms with Gasteiger partial charge in [0.05, 0.1) is 20.4 Å². The van der Waals surface area contributed by atoms with Gasteiger partial charge in [-0.15, -0.1) is 0 Å². The van der Waals surface area contributed by atoms with E-state index in [0.29, 0.717) is 24.8 Å². The molecule has 0 bridgehead atoms. The van der Waals surface area contributed by atoms with Crippen molar-refractivity contribution in [2.75, 3.05) is 46.6 Å². The molecule has 2 atom stereocenters. The topological polar surface area (TPSA) is 64.1 Å². The van der Waals surface area contributed by atoms with E-state index in [0.717, 1.165) is 42.1 Å². The van der Waals surface area contributed by atoms with Gasteiger partial charge in [-0.3, -0.25) is 9.29 Å². The zero-order valence-electron chi connectivity index (χ0n) is 19.2. The van der Waals surface area contributed by atoms with Crippen molar-refractivity contribution in [2.45, 2.75) is 11.8 Å². The Morgan fingerprint density at radius 2 is 1.88 bits per heavy atom. The molecule has 1 fully saturated rings. The fourth-order valence-corrected chi connectivity index (χ4v) is 4.85. The highest BCUT2D eigenvalue weighted by Crippen LogP contribution is 2.47. The number of rotatable bonds is 8. The first-order valence-corrected chi connectivity index (χ1v) is 11.6. The van der Waals surface area contributed by atoms with Crippen LogP contribution in [-0.4, -0.2) is 61.6 Å². The number of hydrogen-bond donors (Lipinski definition) is 1. The standard InChI is InChI=1S/C27H29FN2O4/c1-32-26-9-4-20(14-29-26)24-17-34-25-12-21(31)5-8-23(25)27(24)19-2-6-22(7-3-19)33-11-10-30-15-18(13-28)16-30/h2-9,12,14,18,24,27,31H,10-11,13,15-17H2,1H3. The number of pyridine rings is 1. The van der Waals surface area contributed by atoms with E-state index < -0.39 is 0 Å². The highest BCUT2D eigenvalue weighted by Gasteiger charge is 2.34. The largest absolute Gasteiger partial charge is 0.508 e. The minimum absolute atomic E-state index is 0.0346. The fraction of sp³-hybridized carbons (Fsp3) is 0.370. The van der Waals surface area contributed by atoms with E-state index in [-0.39, 0.29) is 30.2 Å². The van der Waals surface area contributed by atoms with E-state index in [4.69, 9.17) is 14.2 Å². The maximum absolute atomic E-state index is 12.6. The monoisotopic (exact) mass is 464 g/mol. The zero-order valence-corrected chi connectivity index (χ0v) is 19.2. The van der Waals surface area contributed by atoms with Crippen LogP contribution in [0.2, 0.25) is 0 Å². The van der Waals surface area contributed by atoms with Crippen LogP contribution in [0.5, 0.6) is 23.1 Å². The quantitative estimate of drug-likeness (QED) is 0.534. The number of phenolic OH excluding ortho intramolecular Hbond substituents is 1. The van der Waals surface area contributed by atoms with Crippen LogP contribution >= 0.6 is 0 Å². The average molecular weight is 465 g/mol. The van der Waals surface area contributed by atoms with Gasteiger partial charge in [0.1, 0.15) is 23.9 Å². The highest BCUT2D eigenvalue weighted by atomic mass is 19.1. The third kappa shape index (κ3) is 4.66. The van der Waals surface area contributed by atoms with E-state index in [1.54, 1.807) is 19.2 Å². The predicted molar refractivity (Wildman–Crippen MR) is 127 cm³/mol. The molecule has 0 spiro atoms.